The van der Waals surface area contributed by atoms with Gasteiger partial charge in [0, 0.05) is 6.20 Å². The highest BCUT2D eigenvalue weighted by atomic mass is 127. The number of nitrogens with two attached hydrogens (primary N) is 1. The molecule has 0 amide bonds. The van der Waals surface area contributed by atoms with Crippen molar-refractivity contribution in [2.75, 3.05) is 5.73 Å². The van der Waals surface area contributed by atoms with E-state index in [0.29, 0.717) is 0 Å². The van der Waals surface area contributed by atoms with Crippen LogP contribution < -0.4 is 5.73 Å². The minimum absolute atomic E-state index is 0.773. The number of pyridine rings is 1. The average Bonchev–Trinajstić information content (AvgIpc) is 2.34. The number of nitrogen functional groups attached to an aromatic ring is 1. The number of hydrogen-bond donors (Lipinski definition) is 1. The average molecular weight is 259 g/mol. The molecule has 0 saturated carbocycles. The van der Waals surface area contributed by atoms with Crippen LogP contribution in [0.3, 0.4) is 0 Å². The highest BCUT2D eigenvalue weighted by Gasteiger charge is 2.02. The Morgan fingerprint density at radius 3 is 3.09 bits per heavy atom. The van der Waals surface area contributed by atoms with Crippen molar-refractivity contribution in [2.24, 2.45) is 0 Å². The van der Waals surface area contributed by atoms with Gasteiger partial charge in [0.05, 0.1) is 5.69 Å². The summed E-state index contributed by atoms with van der Waals surface area (Å²) >= 11 is 2.17. The van der Waals surface area contributed by atoms with Crippen molar-refractivity contribution in [3.05, 3.63) is 28.4 Å². The highest BCUT2D eigenvalue weighted by molar-refractivity contribution is 14.1. The molecule has 0 aromatic carbocycles. The molecule has 0 radical (unpaired) electrons. The number of rotatable bonds is 0. The molecule has 2 heterocycles. The van der Waals surface area contributed by atoms with Crippen LogP contribution in [0.1, 0.15) is 0 Å². The van der Waals surface area contributed by atoms with Gasteiger partial charge in [-0.2, -0.15) is 0 Å². The molecule has 0 bridgehead atoms. The van der Waals surface area contributed by atoms with Crippen LogP contribution in [0.2, 0.25) is 0 Å². The Hall–Kier alpha value is -0.780. The number of fused-ring (bicyclic) bond motifs is 1. The lowest BCUT2D eigenvalue weighted by atomic mass is 10.4. The molecule has 2 aromatic heterocycles. The fraction of sp³-hybridized carbons (Fsp3) is 0. The lowest BCUT2D eigenvalue weighted by Crippen LogP contribution is -1.90. The van der Waals surface area contributed by atoms with E-state index in [-0.39, 0.29) is 0 Å². The molecule has 0 fully saturated rings. The Bertz CT molecular complexity index is 393. The second-order valence-corrected chi connectivity index (χ2v) is 3.28. The minimum atomic E-state index is 0.773. The Morgan fingerprint density at radius 2 is 2.36 bits per heavy atom. The van der Waals surface area contributed by atoms with Crippen molar-refractivity contribution >= 4 is 33.8 Å². The van der Waals surface area contributed by atoms with E-state index in [1.807, 2.05) is 22.7 Å². The maximum atomic E-state index is 5.74. The molecule has 2 rings (SSSR count). The number of anilines is 1. The second-order valence-electron chi connectivity index (χ2n) is 2.25. The standard InChI is InChI=1S/C7H6IN3/c8-7-6-5(9)2-1-3-11(6)4-10-7/h1-4H,9H2. The van der Waals surface area contributed by atoms with Gasteiger partial charge < -0.3 is 10.1 Å². The van der Waals surface area contributed by atoms with Crippen LogP contribution in [0.4, 0.5) is 5.69 Å². The van der Waals surface area contributed by atoms with E-state index in [9.17, 15) is 0 Å². The summed E-state index contributed by atoms with van der Waals surface area (Å²) in [5, 5.41) is 0. The number of halogens is 1. The van der Waals surface area contributed by atoms with Gasteiger partial charge in [-0.15, -0.1) is 0 Å². The molecular formula is C7H6IN3. The zero-order valence-electron chi connectivity index (χ0n) is 5.66. The Morgan fingerprint density at radius 1 is 1.55 bits per heavy atom. The first-order valence-corrected chi connectivity index (χ1v) is 4.23. The largest absolute Gasteiger partial charge is 0.397 e. The van der Waals surface area contributed by atoms with Gasteiger partial charge in [0.15, 0.2) is 0 Å². The van der Waals surface area contributed by atoms with E-state index in [1.165, 1.54) is 0 Å². The van der Waals surface area contributed by atoms with E-state index >= 15 is 0 Å². The summed E-state index contributed by atoms with van der Waals surface area (Å²) in [5.74, 6) is 0. The quantitative estimate of drug-likeness (QED) is 0.729. The van der Waals surface area contributed by atoms with Gasteiger partial charge in [-0.3, -0.25) is 0 Å². The fourth-order valence-electron chi connectivity index (χ4n) is 1.04. The lowest BCUT2D eigenvalue weighted by Gasteiger charge is -1.96. The van der Waals surface area contributed by atoms with Gasteiger partial charge in [0.25, 0.3) is 0 Å². The number of hydrogen-bond acceptors (Lipinski definition) is 2. The molecule has 4 heteroatoms. The number of imidazole rings is 1. The normalized spacial score (nSPS) is 10.6. The molecular weight excluding hydrogens is 253 g/mol. The molecule has 0 atom stereocenters. The Kier molecular flexibility index (Phi) is 1.49. The van der Waals surface area contributed by atoms with Crippen LogP contribution in [0, 0.1) is 3.70 Å². The predicted octanol–water partition coefficient (Wildman–Crippen LogP) is 1.52. The van der Waals surface area contributed by atoms with E-state index in [4.69, 9.17) is 5.73 Å². The van der Waals surface area contributed by atoms with Gasteiger partial charge in [-0.25, -0.2) is 4.98 Å². The van der Waals surface area contributed by atoms with Crippen molar-refractivity contribution in [1.82, 2.24) is 9.38 Å². The summed E-state index contributed by atoms with van der Waals surface area (Å²) in [6, 6.07) is 3.78. The summed E-state index contributed by atoms with van der Waals surface area (Å²) in [6.07, 6.45) is 3.69. The minimum Gasteiger partial charge on any atom is -0.397 e. The van der Waals surface area contributed by atoms with Crippen LogP contribution in [0.5, 0.6) is 0 Å². The van der Waals surface area contributed by atoms with Crippen molar-refractivity contribution < 1.29 is 0 Å². The van der Waals surface area contributed by atoms with Gasteiger partial charge >= 0.3 is 0 Å². The topological polar surface area (TPSA) is 43.3 Å². The van der Waals surface area contributed by atoms with Crippen LogP contribution >= 0.6 is 22.6 Å². The smallest absolute Gasteiger partial charge is 0.129 e. The molecule has 56 valence electrons. The Balaban J connectivity index is 2.96. The molecule has 11 heavy (non-hydrogen) atoms. The molecule has 0 aliphatic carbocycles. The summed E-state index contributed by atoms with van der Waals surface area (Å²) in [5.41, 5.74) is 7.50. The van der Waals surface area contributed by atoms with Crippen LogP contribution in [-0.2, 0) is 0 Å². The number of aromatic nitrogens is 2. The predicted molar refractivity (Wildman–Crippen MR) is 52.3 cm³/mol. The SMILES string of the molecule is Nc1cccn2cnc(I)c12. The molecule has 0 unspecified atom stereocenters. The van der Waals surface area contributed by atoms with Crippen molar-refractivity contribution in [1.29, 1.82) is 0 Å². The summed E-state index contributed by atoms with van der Waals surface area (Å²) in [4.78, 5) is 4.13. The third kappa shape index (κ3) is 0.973. The molecule has 0 saturated heterocycles. The van der Waals surface area contributed by atoms with Crippen LogP contribution in [0.25, 0.3) is 5.52 Å². The van der Waals surface area contributed by atoms with Crippen molar-refractivity contribution in [2.45, 2.75) is 0 Å². The van der Waals surface area contributed by atoms with E-state index in [0.717, 1.165) is 14.9 Å². The van der Waals surface area contributed by atoms with E-state index in [2.05, 4.69) is 27.6 Å². The fourth-order valence-corrected chi connectivity index (χ4v) is 1.75. The molecule has 0 aliphatic heterocycles. The molecule has 2 N–H and O–H groups in total. The first-order chi connectivity index (χ1) is 5.29. The van der Waals surface area contributed by atoms with Crippen molar-refractivity contribution in [3.63, 3.8) is 0 Å². The summed E-state index contributed by atoms with van der Waals surface area (Å²) in [7, 11) is 0. The maximum Gasteiger partial charge on any atom is 0.129 e. The van der Waals surface area contributed by atoms with Gasteiger partial charge in [0.2, 0.25) is 0 Å². The number of nitrogens with zero attached hydrogens (tertiary/aromatic N) is 2. The second kappa shape index (κ2) is 2.37. The summed E-state index contributed by atoms with van der Waals surface area (Å²) < 4.78 is 2.86. The molecule has 0 aliphatic rings. The van der Waals surface area contributed by atoms with Gasteiger partial charge in [-0.1, -0.05) is 0 Å². The molecule has 3 nitrogen and oxygen atoms in total. The lowest BCUT2D eigenvalue weighted by molar-refractivity contribution is 1.15. The van der Waals surface area contributed by atoms with Gasteiger partial charge in [-0.05, 0) is 34.7 Å². The highest BCUT2D eigenvalue weighted by Crippen LogP contribution is 2.17. The zero-order chi connectivity index (χ0) is 7.84. The summed E-state index contributed by atoms with van der Waals surface area (Å²) in [6.45, 7) is 0. The van der Waals surface area contributed by atoms with Crippen LogP contribution in [-0.4, -0.2) is 9.38 Å². The van der Waals surface area contributed by atoms with Gasteiger partial charge in [0.1, 0.15) is 15.5 Å². The first-order valence-electron chi connectivity index (χ1n) is 3.15. The monoisotopic (exact) mass is 259 g/mol. The first kappa shape index (κ1) is 6.90. The maximum absolute atomic E-state index is 5.74. The van der Waals surface area contributed by atoms with Crippen molar-refractivity contribution in [3.8, 4) is 0 Å². The van der Waals surface area contributed by atoms with Crippen LogP contribution in [0.15, 0.2) is 24.7 Å². The zero-order valence-corrected chi connectivity index (χ0v) is 7.82. The van der Waals surface area contributed by atoms with E-state index in [1.54, 1.807) is 6.33 Å². The van der Waals surface area contributed by atoms with E-state index < -0.39 is 0 Å². The third-order valence-corrected chi connectivity index (χ3v) is 2.33. The third-order valence-electron chi connectivity index (χ3n) is 1.54. The molecule has 2 aromatic rings. The Labute approximate surface area is 77.4 Å². The molecule has 0 spiro atoms.